The van der Waals surface area contributed by atoms with Gasteiger partial charge in [0, 0.05) is 70.6 Å². The Bertz CT molecular complexity index is 6900. The highest BCUT2D eigenvalue weighted by molar-refractivity contribution is 6.28. The van der Waals surface area contributed by atoms with Gasteiger partial charge in [0.1, 0.15) is 22.3 Å². The highest BCUT2D eigenvalue weighted by atomic mass is 16.3. The fourth-order valence-corrected chi connectivity index (χ4v) is 15.3. The molecule has 0 saturated carbocycles. The van der Waals surface area contributed by atoms with Gasteiger partial charge in [-0.3, -0.25) is 0 Å². The molecule has 20 aromatic rings. The summed E-state index contributed by atoms with van der Waals surface area (Å²) in [4.78, 5) is 7.88. The van der Waals surface area contributed by atoms with Gasteiger partial charge in [0.2, 0.25) is 11.4 Å². The molecule has 0 unspecified atom stereocenters. The third-order valence-electron chi connectivity index (χ3n) is 19.5. The SMILES string of the molecule is [C-]#[N+]c1ccc(-c2cc(C#N)cc(-n3c4ccccc4c4c5c(ccc43)oc3ccccc35)c2)cc1-n1c2ccccc2c2ccccc21.[C-]#[N+]c1ccc(-c2cc(C#N)cc(-n3c4ccccc4c4c5oc6ccccc6c5ccc43)c2)cc1-n1c2ccccc2c2ccccc21. The molecule has 0 fully saturated rings. The van der Waals surface area contributed by atoms with Gasteiger partial charge in [0.05, 0.1) is 97.3 Å². The topological polar surface area (TPSA) is 102 Å². The van der Waals surface area contributed by atoms with Crippen LogP contribution in [0.4, 0.5) is 11.4 Å². The van der Waals surface area contributed by atoms with Crippen LogP contribution in [-0.2, 0) is 0 Å². The fourth-order valence-electron chi connectivity index (χ4n) is 15.3. The Kier molecular flexibility index (Phi) is 12.3. The number of para-hydroxylation sites is 8. The zero-order chi connectivity index (χ0) is 65.3. The van der Waals surface area contributed by atoms with E-state index in [-0.39, 0.29) is 0 Å². The van der Waals surface area contributed by atoms with Crippen LogP contribution in [0, 0.1) is 35.8 Å². The number of nitriles is 2. The first-order valence-corrected chi connectivity index (χ1v) is 32.2. The van der Waals surface area contributed by atoms with Crippen LogP contribution in [-0.4, -0.2) is 18.3 Å². The van der Waals surface area contributed by atoms with Gasteiger partial charge in [-0.2, -0.15) is 10.5 Å². The molecular weight excluding hydrogens is 1200 g/mol. The van der Waals surface area contributed by atoms with Gasteiger partial charge in [0.25, 0.3) is 0 Å². The van der Waals surface area contributed by atoms with Gasteiger partial charge >= 0.3 is 0 Å². The Morgan fingerprint density at radius 1 is 0.276 bits per heavy atom. The Labute approximate surface area is 559 Å². The van der Waals surface area contributed by atoms with E-state index in [2.05, 4.69) is 198 Å². The lowest BCUT2D eigenvalue weighted by atomic mass is 10.0. The summed E-state index contributed by atoms with van der Waals surface area (Å²) >= 11 is 0. The van der Waals surface area contributed by atoms with E-state index in [1.165, 1.54) is 0 Å². The summed E-state index contributed by atoms with van der Waals surface area (Å²) in [6, 6.07) is 104. The maximum Gasteiger partial charge on any atom is 0.210 e. The lowest BCUT2D eigenvalue weighted by Crippen LogP contribution is -1.97. The standard InChI is InChI=1S/2C44H24N4O/c1-46-36-20-18-28(25-41(36)48-37-14-6-2-10-31(37)32-11-3-7-15-38(32)48)29-22-27(26-45)23-30(24-29)47-39-16-8-4-13-35(39)43-40(47)21-19-34-33-12-5-9-17-42(33)49-44(34)43;1-46-35-19-18-28(25-40(35)48-36-14-6-2-10-31(36)32-11-3-7-15-37(32)48)29-22-27(26-45)23-30(24-29)47-38-16-8-4-12-33(38)43-39(47)20-21-42-44(43)34-13-5-9-17-41(34)49-42/h2*2-25H. The van der Waals surface area contributed by atoms with E-state index in [9.17, 15) is 10.5 Å². The van der Waals surface area contributed by atoms with Crippen molar-refractivity contribution in [2.45, 2.75) is 0 Å². The van der Waals surface area contributed by atoms with Gasteiger partial charge in [-0.05, 0) is 144 Å². The van der Waals surface area contributed by atoms with E-state index in [1.807, 2.05) is 133 Å². The van der Waals surface area contributed by atoms with E-state index in [0.29, 0.717) is 22.5 Å². The van der Waals surface area contributed by atoms with Gasteiger partial charge in [-0.15, -0.1) is 0 Å². The van der Waals surface area contributed by atoms with Crippen molar-refractivity contribution in [2.75, 3.05) is 0 Å². The highest BCUT2D eigenvalue weighted by Gasteiger charge is 2.24. The van der Waals surface area contributed by atoms with Crippen LogP contribution in [0.1, 0.15) is 11.1 Å². The molecule has 0 aliphatic carbocycles. The predicted octanol–water partition coefficient (Wildman–Crippen LogP) is 23.7. The normalized spacial score (nSPS) is 11.6. The molecule has 0 saturated heterocycles. The van der Waals surface area contributed by atoms with E-state index >= 15 is 0 Å². The molecule has 98 heavy (non-hydrogen) atoms. The molecule has 10 nitrogen and oxygen atoms in total. The van der Waals surface area contributed by atoms with Gasteiger partial charge < -0.3 is 27.1 Å². The van der Waals surface area contributed by atoms with E-state index in [4.69, 9.17) is 22.0 Å². The molecule has 6 aromatic heterocycles. The second kappa shape index (κ2) is 21.7. The van der Waals surface area contributed by atoms with Crippen molar-refractivity contribution < 1.29 is 8.83 Å². The zero-order valence-electron chi connectivity index (χ0n) is 52.1. The average Bonchev–Trinajstić information content (AvgIpc) is 1.58. The first-order chi connectivity index (χ1) is 48.4. The molecule has 0 N–H and O–H groups in total. The summed E-state index contributed by atoms with van der Waals surface area (Å²) in [7, 11) is 0. The largest absolute Gasteiger partial charge is 0.456 e. The molecule has 0 aliphatic rings. The quantitative estimate of drug-likeness (QED) is 0.155. The third-order valence-corrected chi connectivity index (χ3v) is 19.5. The van der Waals surface area contributed by atoms with Gasteiger partial charge in [-0.1, -0.05) is 170 Å². The second-order valence-electron chi connectivity index (χ2n) is 24.7. The Hall–Kier alpha value is -14.2. The van der Waals surface area contributed by atoms with E-state index < -0.39 is 0 Å². The first kappa shape index (κ1) is 55.5. The number of hydrogen-bond donors (Lipinski definition) is 0. The van der Waals surface area contributed by atoms with Crippen molar-refractivity contribution in [1.82, 2.24) is 18.3 Å². The van der Waals surface area contributed by atoms with E-state index in [1.54, 1.807) is 0 Å². The van der Waals surface area contributed by atoms with Crippen LogP contribution in [0.25, 0.3) is 186 Å². The minimum Gasteiger partial charge on any atom is -0.456 e. The molecule has 0 bridgehead atoms. The lowest BCUT2D eigenvalue weighted by Gasteiger charge is -2.14. The van der Waals surface area contributed by atoms with Crippen molar-refractivity contribution in [3.63, 3.8) is 0 Å². The Balaban J connectivity index is 0.000000137. The molecular formula is C88H48N8O2. The molecule has 14 aromatic carbocycles. The summed E-state index contributed by atoms with van der Waals surface area (Å²) in [6.07, 6.45) is 0. The number of nitrogens with zero attached hydrogens (tertiary/aromatic N) is 8. The molecule has 452 valence electrons. The molecule has 0 amide bonds. The number of rotatable bonds is 6. The van der Waals surface area contributed by atoms with Gasteiger partial charge in [-0.25, -0.2) is 9.69 Å². The van der Waals surface area contributed by atoms with Crippen molar-refractivity contribution in [3.05, 3.63) is 325 Å². The van der Waals surface area contributed by atoms with Crippen LogP contribution in [0.3, 0.4) is 0 Å². The monoisotopic (exact) mass is 1250 g/mol. The van der Waals surface area contributed by atoms with Crippen molar-refractivity contribution in [1.29, 1.82) is 10.5 Å². The molecule has 0 aliphatic heterocycles. The van der Waals surface area contributed by atoms with Crippen LogP contribution in [0.15, 0.2) is 300 Å². The number of hydrogen-bond acceptors (Lipinski definition) is 4. The second-order valence-corrected chi connectivity index (χ2v) is 24.7. The third kappa shape index (κ3) is 8.30. The zero-order valence-corrected chi connectivity index (χ0v) is 52.1. The lowest BCUT2D eigenvalue weighted by molar-refractivity contribution is 0.669. The summed E-state index contributed by atoms with van der Waals surface area (Å²) in [5.74, 6) is 0. The minimum absolute atomic E-state index is 0.552. The Morgan fingerprint density at radius 3 is 1.13 bits per heavy atom. The number of fused-ring (bicyclic) bond motifs is 20. The van der Waals surface area contributed by atoms with Crippen LogP contribution < -0.4 is 0 Å². The smallest absolute Gasteiger partial charge is 0.210 e. The van der Waals surface area contributed by atoms with Gasteiger partial charge in [0.15, 0.2) is 0 Å². The fraction of sp³-hybridized carbons (Fsp3) is 0. The van der Waals surface area contributed by atoms with E-state index in [0.717, 1.165) is 176 Å². The summed E-state index contributed by atoms with van der Waals surface area (Å²) in [5, 5.41) is 33.8. The molecule has 0 atom stereocenters. The summed E-state index contributed by atoms with van der Waals surface area (Å²) < 4.78 is 21.6. The highest BCUT2D eigenvalue weighted by Crippen LogP contribution is 2.46. The number of aromatic nitrogens is 4. The summed E-state index contributed by atoms with van der Waals surface area (Å²) in [5.41, 5.74) is 20.9. The van der Waals surface area contributed by atoms with Crippen molar-refractivity contribution in [3.8, 4) is 57.1 Å². The average molecular weight is 1250 g/mol. The summed E-state index contributed by atoms with van der Waals surface area (Å²) in [6.45, 7) is 16.2. The van der Waals surface area contributed by atoms with Crippen LogP contribution in [0.5, 0.6) is 0 Å². The maximum atomic E-state index is 10.3. The molecule has 0 spiro atoms. The molecule has 10 heteroatoms. The Morgan fingerprint density at radius 2 is 0.663 bits per heavy atom. The predicted molar refractivity (Wildman–Crippen MR) is 398 cm³/mol. The molecule has 6 heterocycles. The molecule has 20 rings (SSSR count). The number of furan rings is 2. The first-order valence-electron chi connectivity index (χ1n) is 32.2. The van der Waals surface area contributed by atoms with Crippen LogP contribution >= 0.6 is 0 Å². The van der Waals surface area contributed by atoms with Crippen molar-refractivity contribution >= 4 is 142 Å². The number of benzene rings is 14. The molecule has 0 radical (unpaired) electrons. The maximum absolute atomic E-state index is 10.3. The van der Waals surface area contributed by atoms with Crippen LogP contribution in [0.2, 0.25) is 0 Å². The minimum atomic E-state index is 0.552. The van der Waals surface area contributed by atoms with Crippen molar-refractivity contribution in [2.24, 2.45) is 0 Å².